The molecule has 2 atom stereocenters. The molecule has 1 amide bonds. The summed E-state index contributed by atoms with van der Waals surface area (Å²) in [6, 6.07) is 5.89. The van der Waals surface area contributed by atoms with Gasteiger partial charge in [0.2, 0.25) is 5.91 Å². The number of rotatable bonds is 6. The lowest BCUT2D eigenvalue weighted by molar-refractivity contribution is -0.162. The number of carbonyl (C=O) groups is 2. The molecule has 1 aliphatic carbocycles. The van der Waals surface area contributed by atoms with Gasteiger partial charge in [0.1, 0.15) is 17.2 Å². The first kappa shape index (κ1) is 27.5. The number of amides is 1. The number of nitriles is 1. The number of nitrogens with zero attached hydrogens (tertiary/aromatic N) is 3. The molecular weight excluding hydrogens is 520 g/mol. The van der Waals surface area contributed by atoms with Crippen LogP contribution in [0.25, 0.3) is 0 Å². The predicted molar refractivity (Wildman–Crippen MR) is 137 cm³/mol. The van der Waals surface area contributed by atoms with Crippen molar-refractivity contribution in [3.05, 3.63) is 23.2 Å². The molecule has 1 aromatic carbocycles. The molecule has 0 radical (unpaired) electrons. The monoisotopic (exact) mass is 552 g/mol. The summed E-state index contributed by atoms with van der Waals surface area (Å²) in [6.07, 6.45) is 3.15. The van der Waals surface area contributed by atoms with Crippen LogP contribution in [0.5, 0.6) is 0 Å². The van der Waals surface area contributed by atoms with Gasteiger partial charge in [-0.15, -0.1) is 5.06 Å². The molecule has 0 bridgehead atoms. The van der Waals surface area contributed by atoms with Crippen LogP contribution in [0.3, 0.4) is 0 Å². The van der Waals surface area contributed by atoms with E-state index in [0.29, 0.717) is 12.8 Å². The number of benzene rings is 1. The van der Waals surface area contributed by atoms with Gasteiger partial charge in [0, 0.05) is 18.8 Å². The molecule has 2 heterocycles. The van der Waals surface area contributed by atoms with Crippen LogP contribution in [0.2, 0.25) is 5.02 Å². The Kier molecular flexibility index (Phi) is 7.66. The Bertz CT molecular complexity index is 1200. The lowest BCUT2D eigenvalue weighted by Gasteiger charge is -2.29. The van der Waals surface area contributed by atoms with E-state index in [1.807, 2.05) is 0 Å². The molecule has 0 unspecified atom stereocenters. The van der Waals surface area contributed by atoms with Crippen LogP contribution in [-0.4, -0.2) is 67.6 Å². The summed E-state index contributed by atoms with van der Waals surface area (Å²) >= 11 is 6.48. The van der Waals surface area contributed by atoms with Crippen molar-refractivity contribution < 1.29 is 27.6 Å². The molecule has 12 heteroatoms. The Balaban J connectivity index is 1.55. The maximum Gasteiger partial charge on any atom is 0.528 e. The molecule has 0 spiro atoms. The molecule has 202 valence electrons. The number of hydroxylamine groups is 2. The lowest BCUT2D eigenvalue weighted by Crippen LogP contribution is -2.48. The third kappa shape index (κ3) is 6.30. The van der Waals surface area contributed by atoms with E-state index in [2.05, 4.69) is 16.3 Å². The van der Waals surface area contributed by atoms with Crippen molar-refractivity contribution in [1.82, 2.24) is 10.4 Å². The number of nitrogens with one attached hydrogen (secondary N) is 1. The third-order valence-electron chi connectivity index (χ3n) is 6.81. The van der Waals surface area contributed by atoms with Crippen LogP contribution in [0.1, 0.15) is 59.3 Å². The average molecular weight is 553 g/mol. The van der Waals surface area contributed by atoms with E-state index in [-0.39, 0.29) is 22.9 Å². The van der Waals surface area contributed by atoms with Crippen molar-refractivity contribution in [1.29, 1.82) is 5.26 Å². The first-order valence-electron chi connectivity index (χ1n) is 12.5. The molecule has 3 fully saturated rings. The number of piperidine rings is 1. The van der Waals surface area contributed by atoms with Gasteiger partial charge in [-0.05, 0) is 77.5 Å². The first-order chi connectivity index (χ1) is 17.3. The Labute approximate surface area is 222 Å². The van der Waals surface area contributed by atoms with Crippen molar-refractivity contribution in [3.8, 4) is 6.07 Å². The fraction of sp³-hybridized carbons (Fsp3) is 0.640. The van der Waals surface area contributed by atoms with Crippen molar-refractivity contribution >= 4 is 39.2 Å². The fourth-order valence-electron chi connectivity index (χ4n) is 4.65. The number of sulfone groups is 1. The zero-order chi connectivity index (χ0) is 27.0. The molecule has 1 aromatic rings. The highest BCUT2D eigenvalue weighted by atomic mass is 35.5. The number of ether oxygens (including phenoxy) is 1. The van der Waals surface area contributed by atoms with E-state index in [1.54, 1.807) is 32.9 Å². The summed E-state index contributed by atoms with van der Waals surface area (Å²) in [6.45, 7) is 6.52. The molecule has 2 aliphatic heterocycles. The molecule has 2 saturated heterocycles. The summed E-state index contributed by atoms with van der Waals surface area (Å²) < 4.78 is 32.5. The molecule has 1 saturated carbocycles. The Morgan fingerprint density at radius 3 is 2.43 bits per heavy atom. The normalized spacial score (nSPS) is 23.7. The summed E-state index contributed by atoms with van der Waals surface area (Å²) in [5, 5.41) is 12.1. The topological polar surface area (TPSA) is 129 Å². The van der Waals surface area contributed by atoms with Gasteiger partial charge in [0.05, 0.1) is 27.8 Å². The van der Waals surface area contributed by atoms with Crippen LogP contribution < -0.4 is 10.2 Å². The molecule has 37 heavy (non-hydrogen) atoms. The molecule has 1 N–H and O–H groups in total. The van der Waals surface area contributed by atoms with E-state index in [9.17, 15) is 23.3 Å². The molecule has 3 aliphatic rings. The van der Waals surface area contributed by atoms with Gasteiger partial charge >= 0.3 is 6.16 Å². The van der Waals surface area contributed by atoms with E-state index in [4.69, 9.17) is 21.2 Å². The van der Waals surface area contributed by atoms with Crippen LogP contribution in [0.4, 0.5) is 10.5 Å². The quantitative estimate of drug-likeness (QED) is 0.526. The van der Waals surface area contributed by atoms with Gasteiger partial charge in [-0.2, -0.15) is 5.26 Å². The second-order valence-electron chi connectivity index (χ2n) is 10.9. The minimum atomic E-state index is -3.99. The fourth-order valence-corrected chi connectivity index (χ4v) is 6.88. The second kappa shape index (κ2) is 10.3. The van der Waals surface area contributed by atoms with Gasteiger partial charge in [-0.25, -0.2) is 13.2 Å². The van der Waals surface area contributed by atoms with E-state index in [1.165, 1.54) is 12.5 Å². The van der Waals surface area contributed by atoms with Gasteiger partial charge in [0.25, 0.3) is 0 Å². The SMILES string of the molecule is CC(C)(C)OC(=O)ON1C[C@H](S(=O)(=O)c2ccc(N3CCCCC3)cc2Cl)C[C@H]1C(=O)NC1(C#N)CC1. The van der Waals surface area contributed by atoms with Gasteiger partial charge in [-0.3, -0.25) is 4.79 Å². The van der Waals surface area contributed by atoms with Crippen molar-refractivity contribution in [2.45, 2.75) is 86.6 Å². The highest BCUT2D eigenvalue weighted by Crippen LogP contribution is 2.37. The van der Waals surface area contributed by atoms with Crippen LogP contribution >= 0.6 is 11.6 Å². The van der Waals surface area contributed by atoms with Crippen molar-refractivity contribution in [2.24, 2.45) is 0 Å². The number of hydrogen-bond acceptors (Lipinski definition) is 9. The first-order valence-corrected chi connectivity index (χ1v) is 14.5. The second-order valence-corrected chi connectivity index (χ2v) is 13.5. The standard InChI is InChI=1S/C25H33ClN4O6S/c1-24(2,3)35-23(32)36-30-15-18(14-20(30)22(31)28-25(16-27)9-10-25)37(33,34)21-8-7-17(13-19(21)26)29-11-5-4-6-12-29/h7-8,13,18,20H,4-6,9-12,14-15H2,1-3H3,(H,28,31)/t18-,20+/m1/s1. The zero-order valence-corrected chi connectivity index (χ0v) is 22.9. The lowest BCUT2D eigenvalue weighted by atomic mass is 10.1. The summed E-state index contributed by atoms with van der Waals surface area (Å²) in [4.78, 5) is 32.9. The highest BCUT2D eigenvalue weighted by Gasteiger charge is 2.51. The number of carbonyl (C=O) groups excluding carboxylic acids is 2. The van der Waals surface area contributed by atoms with E-state index >= 15 is 0 Å². The molecular formula is C25H33ClN4O6S. The molecule has 10 nitrogen and oxygen atoms in total. The predicted octanol–water partition coefficient (Wildman–Crippen LogP) is 3.59. The van der Waals surface area contributed by atoms with E-state index in [0.717, 1.165) is 36.7 Å². The summed E-state index contributed by atoms with van der Waals surface area (Å²) in [7, 11) is -3.99. The van der Waals surface area contributed by atoms with Gasteiger partial charge in [-0.1, -0.05) is 11.6 Å². The minimum Gasteiger partial charge on any atom is -0.427 e. The highest BCUT2D eigenvalue weighted by molar-refractivity contribution is 7.92. The third-order valence-corrected chi connectivity index (χ3v) is 9.42. The maximum atomic E-state index is 13.6. The number of anilines is 1. The van der Waals surface area contributed by atoms with Gasteiger partial charge < -0.3 is 19.8 Å². The number of hydrogen-bond donors (Lipinski definition) is 1. The Morgan fingerprint density at radius 1 is 1.19 bits per heavy atom. The van der Waals surface area contributed by atoms with Gasteiger partial charge in [0.15, 0.2) is 9.84 Å². The van der Waals surface area contributed by atoms with Crippen molar-refractivity contribution in [3.63, 3.8) is 0 Å². The average Bonchev–Trinajstić information content (AvgIpc) is 3.46. The maximum absolute atomic E-state index is 13.6. The number of halogens is 1. The Hall–Kier alpha value is -2.55. The van der Waals surface area contributed by atoms with Crippen molar-refractivity contribution in [2.75, 3.05) is 24.5 Å². The molecule has 0 aromatic heterocycles. The minimum absolute atomic E-state index is 0.0334. The van der Waals surface area contributed by atoms with Crippen LogP contribution in [-0.2, 0) is 24.2 Å². The Morgan fingerprint density at radius 2 is 1.86 bits per heavy atom. The summed E-state index contributed by atoms with van der Waals surface area (Å²) in [5.41, 5.74) is -0.935. The van der Waals surface area contributed by atoms with E-state index < -0.39 is 44.3 Å². The zero-order valence-electron chi connectivity index (χ0n) is 21.3. The van der Waals surface area contributed by atoms with Crippen LogP contribution in [0, 0.1) is 11.3 Å². The van der Waals surface area contributed by atoms with Crippen LogP contribution in [0.15, 0.2) is 23.1 Å². The molecule has 4 rings (SSSR count). The largest absolute Gasteiger partial charge is 0.528 e. The smallest absolute Gasteiger partial charge is 0.427 e. The summed E-state index contributed by atoms with van der Waals surface area (Å²) in [5.74, 6) is -0.577.